The zero-order valence-electron chi connectivity index (χ0n) is 13.1. The predicted molar refractivity (Wildman–Crippen MR) is 83.3 cm³/mol. The zero-order chi connectivity index (χ0) is 15.6. The van der Waals surface area contributed by atoms with Crippen molar-refractivity contribution in [3.05, 3.63) is 36.5 Å². The molecule has 5 heteroatoms. The van der Waals surface area contributed by atoms with Crippen LogP contribution in [0.25, 0.3) is 11.3 Å². The van der Waals surface area contributed by atoms with E-state index in [9.17, 15) is 4.79 Å². The van der Waals surface area contributed by atoms with E-state index >= 15 is 0 Å². The normalized spacial score (nSPS) is 11.3. The number of carbonyl (C=O) groups excluding carboxylic acids is 1. The quantitative estimate of drug-likeness (QED) is 0.850. The first-order valence-electron chi connectivity index (χ1n) is 6.84. The van der Waals surface area contributed by atoms with Crippen molar-refractivity contribution in [3.63, 3.8) is 0 Å². The van der Waals surface area contributed by atoms with Crippen LogP contribution in [0, 0.1) is 0 Å². The molecule has 5 nitrogen and oxygen atoms in total. The Morgan fingerprint density at radius 2 is 1.86 bits per heavy atom. The van der Waals surface area contributed by atoms with Crippen LogP contribution < -0.4 is 4.90 Å². The number of amides is 1. The number of rotatable bonds is 2. The summed E-state index contributed by atoms with van der Waals surface area (Å²) in [5, 5.41) is 4.45. The third kappa shape index (κ3) is 3.62. The van der Waals surface area contributed by atoms with Crippen LogP contribution in [0.15, 0.2) is 36.5 Å². The number of benzene rings is 1. The number of hydrogen-bond acceptors (Lipinski definition) is 3. The Balaban J connectivity index is 2.34. The van der Waals surface area contributed by atoms with Crippen LogP contribution in [0.2, 0.25) is 0 Å². The van der Waals surface area contributed by atoms with Gasteiger partial charge in [0.2, 0.25) is 0 Å². The fourth-order valence-electron chi connectivity index (χ4n) is 1.95. The monoisotopic (exact) mass is 287 g/mol. The summed E-state index contributed by atoms with van der Waals surface area (Å²) in [5.41, 5.74) is 1.91. The molecule has 1 amide bonds. The molecule has 0 atom stereocenters. The minimum absolute atomic E-state index is 0.396. The average Bonchev–Trinajstić information content (AvgIpc) is 2.79. The van der Waals surface area contributed by atoms with Gasteiger partial charge in [-0.25, -0.2) is 4.79 Å². The van der Waals surface area contributed by atoms with Crippen molar-refractivity contribution in [1.29, 1.82) is 0 Å². The molecule has 0 saturated heterocycles. The molecule has 0 saturated carbocycles. The van der Waals surface area contributed by atoms with Crippen LogP contribution >= 0.6 is 0 Å². The summed E-state index contributed by atoms with van der Waals surface area (Å²) in [6.45, 7) is 5.54. The summed E-state index contributed by atoms with van der Waals surface area (Å²) in [7, 11) is 3.52. The largest absolute Gasteiger partial charge is 0.443 e. The highest BCUT2D eigenvalue weighted by Crippen LogP contribution is 2.29. The number of aryl methyl sites for hydroxylation is 1. The summed E-state index contributed by atoms with van der Waals surface area (Å²) < 4.78 is 7.10. The Morgan fingerprint density at radius 3 is 2.43 bits per heavy atom. The van der Waals surface area contributed by atoms with Gasteiger partial charge in [0.15, 0.2) is 0 Å². The smallest absolute Gasteiger partial charge is 0.414 e. The number of carbonyl (C=O) groups is 1. The molecule has 21 heavy (non-hydrogen) atoms. The fourth-order valence-corrected chi connectivity index (χ4v) is 1.95. The molecule has 2 aromatic rings. The molecule has 2 rings (SSSR count). The van der Waals surface area contributed by atoms with Gasteiger partial charge in [-0.15, -0.1) is 0 Å². The van der Waals surface area contributed by atoms with Gasteiger partial charge in [0.05, 0.1) is 5.69 Å². The number of hydrogen-bond donors (Lipinski definition) is 0. The van der Waals surface area contributed by atoms with Crippen LogP contribution in [0.5, 0.6) is 0 Å². The third-order valence-corrected chi connectivity index (χ3v) is 2.89. The van der Waals surface area contributed by atoms with Crippen molar-refractivity contribution in [2.75, 3.05) is 11.9 Å². The Labute approximate surface area is 125 Å². The lowest BCUT2D eigenvalue weighted by Crippen LogP contribution is -2.34. The number of aromatic nitrogens is 2. The summed E-state index contributed by atoms with van der Waals surface area (Å²) in [5.74, 6) is 0. The van der Waals surface area contributed by atoms with Gasteiger partial charge >= 0.3 is 6.09 Å². The highest BCUT2D eigenvalue weighted by molar-refractivity contribution is 5.92. The van der Waals surface area contributed by atoms with Gasteiger partial charge in [-0.3, -0.25) is 9.58 Å². The van der Waals surface area contributed by atoms with Crippen molar-refractivity contribution in [2.24, 2.45) is 7.05 Å². The van der Waals surface area contributed by atoms with Crippen molar-refractivity contribution in [2.45, 2.75) is 26.4 Å². The molecule has 0 radical (unpaired) electrons. The van der Waals surface area contributed by atoms with Crippen LogP contribution in [0.3, 0.4) is 0 Å². The maximum Gasteiger partial charge on any atom is 0.414 e. The van der Waals surface area contributed by atoms with E-state index in [4.69, 9.17) is 4.74 Å². The maximum atomic E-state index is 12.2. The van der Waals surface area contributed by atoms with E-state index < -0.39 is 11.7 Å². The predicted octanol–water partition coefficient (Wildman–Crippen LogP) is 3.46. The molecule has 1 heterocycles. The molecule has 0 aliphatic carbocycles. The molecule has 1 aromatic carbocycles. The molecule has 0 spiro atoms. The Kier molecular flexibility index (Phi) is 4.02. The molecule has 0 aliphatic heterocycles. The number of ether oxygens (including phenoxy) is 1. The summed E-state index contributed by atoms with van der Waals surface area (Å²) in [6.07, 6.45) is 1.42. The zero-order valence-corrected chi connectivity index (χ0v) is 13.1. The lowest BCUT2D eigenvalue weighted by Gasteiger charge is -2.24. The van der Waals surface area contributed by atoms with Crippen molar-refractivity contribution < 1.29 is 9.53 Å². The van der Waals surface area contributed by atoms with Gasteiger partial charge in [0.25, 0.3) is 0 Å². The standard InChI is InChI=1S/C16H21N3O2/c1-16(2,3)21-15(20)19(5)13-11-18(4)17-14(13)12-9-7-6-8-10-12/h6-11H,1-5H3. The van der Waals surface area contributed by atoms with E-state index in [2.05, 4.69) is 5.10 Å². The van der Waals surface area contributed by atoms with Gasteiger partial charge in [0, 0.05) is 25.9 Å². The molecule has 0 aliphatic rings. The van der Waals surface area contributed by atoms with Gasteiger partial charge in [-0.05, 0) is 20.8 Å². The topological polar surface area (TPSA) is 47.4 Å². The molecule has 112 valence electrons. The molecule has 0 fully saturated rings. The van der Waals surface area contributed by atoms with E-state index in [-0.39, 0.29) is 0 Å². The van der Waals surface area contributed by atoms with E-state index in [1.165, 1.54) is 4.90 Å². The van der Waals surface area contributed by atoms with Crippen LogP contribution in [0.4, 0.5) is 10.5 Å². The van der Waals surface area contributed by atoms with Crippen LogP contribution in [0.1, 0.15) is 20.8 Å². The van der Waals surface area contributed by atoms with E-state index in [1.807, 2.05) is 64.3 Å². The van der Waals surface area contributed by atoms with Crippen LogP contribution in [-0.2, 0) is 11.8 Å². The minimum atomic E-state index is -0.527. The van der Waals surface area contributed by atoms with Crippen molar-refractivity contribution in [1.82, 2.24) is 9.78 Å². The van der Waals surface area contributed by atoms with E-state index in [0.29, 0.717) is 0 Å². The first-order valence-corrected chi connectivity index (χ1v) is 6.84. The SMILES string of the molecule is CN(C(=O)OC(C)(C)C)c1cn(C)nc1-c1ccccc1. The van der Waals surface area contributed by atoms with Gasteiger partial charge < -0.3 is 4.74 Å². The highest BCUT2D eigenvalue weighted by atomic mass is 16.6. The second kappa shape index (κ2) is 5.60. The lowest BCUT2D eigenvalue weighted by molar-refractivity contribution is 0.0589. The number of anilines is 1. The molecule has 0 N–H and O–H groups in total. The first kappa shape index (κ1) is 15.1. The van der Waals surface area contributed by atoms with Crippen molar-refractivity contribution in [3.8, 4) is 11.3 Å². The van der Waals surface area contributed by atoms with E-state index in [0.717, 1.165) is 16.9 Å². The Hall–Kier alpha value is -2.30. The lowest BCUT2D eigenvalue weighted by atomic mass is 10.1. The summed E-state index contributed by atoms with van der Waals surface area (Å²) >= 11 is 0. The maximum absolute atomic E-state index is 12.2. The van der Waals surface area contributed by atoms with Gasteiger partial charge in [-0.1, -0.05) is 30.3 Å². The highest BCUT2D eigenvalue weighted by Gasteiger charge is 2.24. The second-order valence-corrected chi connectivity index (χ2v) is 5.94. The van der Waals surface area contributed by atoms with Crippen LogP contribution in [-0.4, -0.2) is 28.5 Å². The second-order valence-electron chi connectivity index (χ2n) is 5.94. The van der Waals surface area contributed by atoms with E-state index in [1.54, 1.807) is 11.7 Å². The van der Waals surface area contributed by atoms with Crippen molar-refractivity contribution >= 4 is 11.8 Å². The van der Waals surface area contributed by atoms with Gasteiger partial charge in [-0.2, -0.15) is 5.10 Å². The minimum Gasteiger partial charge on any atom is -0.443 e. The molecule has 0 bridgehead atoms. The first-order chi connectivity index (χ1) is 9.78. The van der Waals surface area contributed by atoms with Gasteiger partial charge in [0.1, 0.15) is 11.3 Å². The summed E-state index contributed by atoms with van der Waals surface area (Å²) in [6, 6.07) is 9.77. The third-order valence-electron chi connectivity index (χ3n) is 2.89. The Bertz CT molecular complexity index is 627. The molecular weight excluding hydrogens is 266 g/mol. The number of nitrogens with zero attached hydrogens (tertiary/aromatic N) is 3. The molecule has 0 unspecified atom stereocenters. The summed E-state index contributed by atoms with van der Waals surface area (Å²) in [4.78, 5) is 13.7. The molecular formula is C16H21N3O2. The molecule has 1 aromatic heterocycles. The Morgan fingerprint density at radius 1 is 1.24 bits per heavy atom. The average molecular weight is 287 g/mol. The fraction of sp³-hybridized carbons (Fsp3) is 0.375.